The Morgan fingerprint density at radius 3 is 2.03 bits per heavy atom. The fourth-order valence-corrected chi connectivity index (χ4v) is 5.02. The van der Waals surface area contributed by atoms with Gasteiger partial charge < -0.3 is 4.74 Å². The first-order valence-electron chi connectivity index (χ1n) is 11.8. The first-order valence-corrected chi connectivity index (χ1v) is 11.8. The van der Waals surface area contributed by atoms with Crippen molar-refractivity contribution in [3.63, 3.8) is 0 Å². The summed E-state index contributed by atoms with van der Waals surface area (Å²) in [4.78, 5) is 15.4. The highest BCUT2D eigenvalue weighted by Gasteiger charge is 2.45. The normalized spacial score (nSPS) is 21.0. The van der Waals surface area contributed by atoms with Gasteiger partial charge in [0.2, 0.25) is 5.91 Å². The van der Waals surface area contributed by atoms with E-state index in [9.17, 15) is 4.79 Å². The molecule has 0 bridgehead atoms. The van der Waals surface area contributed by atoms with E-state index in [-0.39, 0.29) is 23.8 Å². The number of para-hydroxylation sites is 1. The number of piperazine rings is 1. The number of carbonyl (C=O) groups excluding carboxylic acids is 1. The summed E-state index contributed by atoms with van der Waals surface area (Å²) in [6.45, 7) is 3.42. The van der Waals surface area contributed by atoms with Gasteiger partial charge in [0.05, 0.1) is 13.2 Å². The lowest BCUT2D eigenvalue weighted by Crippen LogP contribution is -2.54. The summed E-state index contributed by atoms with van der Waals surface area (Å²) >= 11 is 0. The molecule has 3 aromatic rings. The molecule has 1 aliphatic heterocycles. The number of nitrogens with zero attached hydrogens (tertiary/aromatic N) is 2. The second-order valence-electron chi connectivity index (χ2n) is 8.91. The molecule has 0 spiro atoms. The van der Waals surface area contributed by atoms with E-state index in [1.807, 2.05) is 18.2 Å². The molecule has 1 saturated heterocycles. The molecule has 2 atom stereocenters. The minimum Gasteiger partial charge on any atom is -0.496 e. The number of amides is 1. The van der Waals surface area contributed by atoms with Gasteiger partial charge in [-0.25, -0.2) is 5.01 Å². The van der Waals surface area contributed by atoms with Gasteiger partial charge in [-0.15, -0.1) is 0 Å². The lowest BCUT2D eigenvalue weighted by Gasteiger charge is -2.39. The maximum atomic E-state index is 12.9. The van der Waals surface area contributed by atoms with Crippen molar-refractivity contribution < 1.29 is 9.53 Å². The largest absolute Gasteiger partial charge is 0.496 e. The summed E-state index contributed by atoms with van der Waals surface area (Å²) < 4.78 is 5.48. The van der Waals surface area contributed by atoms with Gasteiger partial charge in [-0.1, -0.05) is 78.9 Å². The molecule has 5 heteroatoms. The quantitative estimate of drug-likeness (QED) is 0.596. The van der Waals surface area contributed by atoms with E-state index in [1.54, 1.807) is 7.11 Å². The number of carbonyl (C=O) groups is 1. The summed E-state index contributed by atoms with van der Waals surface area (Å²) in [6.07, 6.45) is 0.885. The van der Waals surface area contributed by atoms with Crippen molar-refractivity contribution in [1.82, 2.24) is 15.3 Å². The Morgan fingerprint density at radius 2 is 1.42 bits per heavy atom. The van der Waals surface area contributed by atoms with Crippen molar-refractivity contribution in [2.24, 2.45) is 5.92 Å². The van der Waals surface area contributed by atoms with E-state index >= 15 is 0 Å². The van der Waals surface area contributed by atoms with Crippen LogP contribution in [0.4, 0.5) is 0 Å². The Hall–Kier alpha value is -3.15. The number of ether oxygens (including phenoxy) is 1. The number of hydrazine groups is 1. The van der Waals surface area contributed by atoms with Crippen LogP contribution in [0, 0.1) is 5.92 Å². The van der Waals surface area contributed by atoms with Gasteiger partial charge >= 0.3 is 0 Å². The average Bonchev–Trinajstić information content (AvgIpc) is 3.68. The van der Waals surface area contributed by atoms with Crippen LogP contribution in [-0.4, -0.2) is 49.1 Å². The van der Waals surface area contributed by atoms with Crippen LogP contribution in [0.25, 0.3) is 0 Å². The lowest BCUT2D eigenvalue weighted by atomic mass is 9.96. The van der Waals surface area contributed by atoms with Crippen molar-refractivity contribution >= 4 is 5.91 Å². The Labute approximate surface area is 195 Å². The highest BCUT2D eigenvalue weighted by molar-refractivity contribution is 5.82. The second-order valence-corrected chi connectivity index (χ2v) is 8.91. The average molecular weight is 442 g/mol. The molecule has 33 heavy (non-hydrogen) atoms. The molecule has 1 heterocycles. The van der Waals surface area contributed by atoms with Crippen LogP contribution in [0.1, 0.15) is 35.1 Å². The van der Waals surface area contributed by atoms with Crippen molar-refractivity contribution in [3.8, 4) is 5.75 Å². The maximum Gasteiger partial charge on any atom is 0.238 e. The predicted molar refractivity (Wildman–Crippen MR) is 130 cm³/mol. The fraction of sp³-hybridized carbons (Fsp3) is 0.321. The molecule has 5 rings (SSSR count). The number of benzene rings is 3. The van der Waals surface area contributed by atoms with Gasteiger partial charge in [-0.2, -0.15) is 0 Å². The molecule has 2 unspecified atom stereocenters. The molecule has 0 aromatic heterocycles. The van der Waals surface area contributed by atoms with Crippen molar-refractivity contribution in [2.75, 3.05) is 33.3 Å². The summed E-state index contributed by atoms with van der Waals surface area (Å²) in [5, 5.41) is 2.09. The van der Waals surface area contributed by atoms with Crippen LogP contribution in [0.15, 0.2) is 84.9 Å². The van der Waals surface area contributed by atoms with Crippen LogP contribution in [0.3, 0.4) is 0 Å². The molecular weight excluding hydrogens is 410 g/mol. The van der Waals surface area contributed by atoms with Gasteiger partial charge in [-0.3, -0.25) is 15.1 Å². The maximum absolute atomic E-state index is 12.9. The topological polar surface area (TPSA) is 44.8 Å². The Kier molecular flexibility index (Phi) is 6.42. The van der Waals surface area contributed by atoms with Gasteiger partial charge in [0.15, 0.2) is 0 Å². The summed E-state index contributed by atoms with van der Waals surface area (Å²) in [5.41, 5.74) is 6.93. The number of nitrogens with one attached hydrogen (secondary N) is 1. The second kappa shape index (κ2) is 9.77. The minimum atomic E-state index is 0.0284. The van der Waals surface area contributed by atoms with E-state index in [4.69, 9.17) is 4.74 Å². The van der Waals surface area contributed by atoms with Gasteiger partial charge in [0.25, 0.3) is 0 Å². The van der Waals surface area contributed by atoms with E-state index < -0.39 is 0 Å². The van der Waals surface area contributed by atoms with Crippen LogP contribution in [-0.2, 0) is 4.79 Å². The highest BCUT2D eigenvalue weighted by Crippen LogP contribution is 2.50. The standard InChI is InChI=1S/C28H31N3O2/c1-33-26-15-9-8-14-23(26)24-20-25(24)28(32)29-31-18-16-30(17-19-31)27(21-10-4-2-5-11-21)22-12-6-3-7-13-22/h2-15,24-25,27H,16-20H2,1H3,(H,29,32). The van der Waals surface area contributed by atoms with Crippen LogP contribution < -0.4 is 10.2 Å². The summed E-state index contributed by atoms with van der Waals surface area (Å²) in [5.74, 6) is 1.28. The molecule has 1 aliphatic carbocycles. The Balaban J connectivity index is 1.20. The third-order valence-corrected chi connectivity index (χ3v) is 6.84. The molecule has 2 aliphatic rings. The molecule has 0 radical (unpaired) electrons. The number of rotatable bonds is 7. The van der Waals surface area contributed by atoms with Gasteiger partial charge in [-0.05, 0) is 35.1 Å². The molecule has 170 valence electrons. The lowest BCUT2D eigenvalue weighted by molar-refractivity contribution is -0.128. The first-order chi connectivity index (χ1) is 16.2. The number of hydrogen-bond donors (Lipinski definition) is 1. The van der Waals surface area contributed by atoms with Crippen LogP contribution in [0.2, 0.25) is 0 Å². The third kappa shape index (κ3) is 4.80. The summed E-state index contributed by atoms with van der Waals surface area (Å²) in [6, 6.07) is 29.6. The Morgan fingerprint density at radius 1 is 0.848 bits per heavy atom. The van der Waals surface area contributed by atoms with Gasteiger partial charge in [0.1, 0.15) is 5.75 Å². The molecule has 2 fully saturated rings. The molecule has 5 nitrogen and oxygen atoms in total. The zero-order valence-corrected chi connectivity index (χ0v) is 19.1. The zero-order chi connectivity index (χ0) is 22.6. The molecule has 1 saturated carbocycles. The first kappa shape index (κ1) is 21.7. The fourth-order valence-electron chi connectivity index (χ4n) is 5.02. The zero-order valence-electron chi connectivity index (χ0n) is 19.1. The van der Waals surface area contributed by atoms with Crippen molar-refractivity contribution in [3.05, 3.63) is 102 Å². The number of hydrogen-bond acceptors (Lipinski definition) is 4. The van der Waals surface area contributed by atoms with Crippen LogP contribution in [0.5, 0.6) is 5.75 Å². The summed E-state index contributed by atoms with van der Waals surface area (Å²) in [7, 11) is 1.69. The van der Waals surface area contributed by atoms with Crippen molar-refractivity contribution in [1.29, 1.82) is 0 Å². The monoisotopic (exact) mass is 441 g/mol. The number of methoxy groups -OCH3 is 1. The highest BCUT2D eigenvalue weighted by atomic mass is 16.5. The van der Waals surface area contributed by atoms with Gasteiger partial charge in [0, 0.05) is 32.1 Å². The molecule has 1 N–H and O–H groups in total. The van der Waals surface area contributed by atoms with E-state index in [1.165, 1.54) is 11.1 Å². The van der Waals surface area contributed by atoms with Crippen molar-refractivity contribution in [2.45, 2.75) is 18.4 Å². The van der Waals surface area contributed by atoms with E-state index in [0.717, 1.165) is 43.9 Å². The van der Waals surface area contributed by atoms with E-state index in [0.29, 0.717) is 0 Å². The molecule has 1 amide bonds. The third-order valence-electron chi connectivity index (χ3n) is 6.84. The smallest absolute Gasteiger partial charge is 0.238 e. The van der Waals surface area contributed by atoms with E-state index in [2.05, 4.69) is 82.1 Å². The SMILES string of the molecule is COc1ccccc1C1CC1C(=O)NN1CCN(C(c2ccccc2)c2ccccc2)CC1. The molecule has 3 aromatic carbocycles. The van der Waals surface area contributed by atoms with Crippen LogP contribution >= 0.6 is 0 Å². The molecular formula is C28H31N3O2. The Bertz CT molecular complexity index is 1030. The minimum absolute atomic E-state index is 0.0284. The predicted octanol–water partition coefficient (Wildman–Crippen LogP) is 4.24.